The molecule has 20 heavy (non-hydrogen) atoms. The standard InChI is InChI=1S/C18H12SSi/c1-2-6-13(7-3-1)20-14-10-11-18-16(12-14)15-8-4-5-9-17(15)19-18/h1-12H. The van der Waals surface area contributed by atoms with Gasteiger partial charge in [-0.05, 0) is 12.1 Å². The second-order valence-electron chi connectivity index (χ2n) is 4.80. The summed E-state index contributed by atoms with van der Waals surface area (Å²) in [5, 5.41) is 5.58. The third-order valence-corrected chi connectivity index (χ3v) is 5.81. The fourth-order valence-electron chi connectivity index (χ4n) is 2.49. The zero-order chi connectivity index (χ0) is 13.4. The maximum absolute atomic E-state index is 2.36. The van der Waals surface area contributed by atoms with E-state index < -0.39 is 0 Å². The van der Waals surface area contributed by atoms with E-state index in [-0.39, 0.29) is 0 Å². The van der Waals surface area contributed by atoms with E-state index >= 15 is 0 Å². The molecule has 0 N–H and O–H groups in total. The highest BCUT2D eigenvalue weighted by Gasteiger charge is 2.06. The van der Waals surface area contributed by atoms with Crippen LogP contribution in [0.15, 0.2) is 72.8 Å². The largest absolute Gasteiger partial charge is 0.135 e. The van der Waals surface area contributed by atoms with Gasteiger partial charge in [0.15, 0.2) is 0 Å². The Morgan fingerprint density at radius 2 is 1.35 bits per heavy atom. The number of benzene rings is 3. The van der Waals surface area contributed by atoms with Crippen LogP contribution < -0.4 is 10.4 Å². The summed E-state index contributed by atoms with van der Waals surface area (Å²) in [5.74, 6) is 0. The lowest BCUT2D eigenvalue weighted by Gasteiger charge is -2.01. The minimum Gasteiger partial charge on any atom is -0.135 e. The van der Waals surface area contributed by atoms with Crippen LogP contribution in [-0.2, 0) is 0 Å². The van der Waals surface area contributed by atoms with E-state index in [0.29, 0.717) is 0 Å². The second kappa shape index (κ2) is 4.89. The molecule has 4 rings (SSSR count). The van der Waals surface area contributed by atoms with Gasteiger partial charge in [-0.3, -0.25) is 0 Å². The molecule has 0 amide bonds. The smallest absolute Gasteiger partial charge is 0.121 e. The van der Waals surface area contributed by atoms with E-state index in [1.54, 1.807) is 0 Å². The quantitative estimate of drug-likeness (QED) is 0.493. The number of hydrogen-bond donors (Lipinski definition) is 0. The maximum Gasteiger partial charge on any atom is 0.121 e. The monoisotopic (exact) mass is 288 g/mol. The van der Waals surface area contributed by atoms with E-state index in [2.05, 4.69) is 72.8 Å². The van der Waals surface area contributed by atoms with Crippen molar-refractivity contribution in [1.29, 1.82) is 0 Å². The van der Waals surface area contributed by atoms with Crippen molar-refractivity contribution in [3.8, 4) is 0 Å². The van der Waals surface area contributed by atoms with Crippen molar-refractivity contribution in [2.75, 3.05) is 0 Å². The van der Waals surface area contributed by atoms with E-state index in [4.69, 9.17) is 0 Å². The average molecular weight is 288 g/mol. The minimum atomic E-state index is 0.728. The highest BCUT2D eigenvalue weighted by atomic mass is 32.1. The zero-order valence-electron chi connectivity index (χ0n) is 10.8. The molecule has 2 radical (unpaired) electrons. The first-order chi connectivity index (χ1) is 9.90. The number of hydrogen-bond acceptors (Lipinski definition) is 1. The molecule has 0 unspecified atom stereocenters. The lowest BCUT2D eigenvalue weighted by atomic mass is 10.1. The van der Waals surface area contributed by atoms with Gasteiger partial charge in [0, 0.05) is 20.2 Å². The predicted molar refractivity (Wildman–Crippen MR) is 90.8 cm³/mol. The number of rotatable bonds is 2. The van der Waals surface area contributed by atoms with E-state index in [1.165, 1.54) is 30.5 Å². The Morgan fingerprint density at radius 3 is 2.25 bits per heavy atom. The Hall–Kier alpha value is -1.90. The average Bonchev–Trinajstić information content (AvgIpc) is 2.86. The van der Waals surface area contributed by atoms with Crippen molar-refractivity contribution < 1.29 is 0 Å². The molecule has 0 saturated carbocycles. The molecule has 0 spiro atoms. The van der Waals surface area contributed by atoms with Crippen molar-refractivity contribution in [1.82, 2.24) is 0 Å². The molecule has 0 saturated heterocycles. The molecule has 1 aromatic heterocycles. The van der Waals surface area contributed by atoms with Crippen LogP contribution in [0.5, 0.6) is 0 Å². The van der Waals surface area contributed by atoms with Gasteiger partial charge in [0.25, 0.3) is 0 Å². The molecule has 1 heterocycles. The van der Waals surface area contributed by atoms with Gasteiger partial charge in [-0.2, -0.15) is 0 Å². The first kappa shape index (κ1) is 11.9. The molecule has 0 atom stereocenters. The molecule has 0 bridgehead atoms. The van der Waals surface area contributed by atoms with Crippen LogP contribution in [0.2, 0.25) is 0 Å². The molecule has 0 fully saturated rings. The Kier molecular flexibility index (Phi) is 2.91. The molecule has 3 aromatic carbocycles. The molecular formula is C18H12SSi. The van der Waals surface area contributed by atoms with Crippen LogP contribution >= 0.6 is 11.3 Å². The van der Waals surface area contributed by atoms with E-state index in [9.17, 15) is 0 Å². The minimum absolute atomic E-state index is 0.728. The first-order valence-electron chi connectivity index (χ1n) is 6.63. The summed E-state index contributed by atoms with van der Waals surface area (Å²) in [6, 6.07) is 26.3. The van der Waals surface area contributed by atoms with Crippen LogP contribution in [0.1, 0.15) is 0 Å². The molecule has 0 aliphatic rings. The van der Waals surface area contributed by atoms with Crippen LogP contribution in [0, 0.1) is 0 Å². The molecule has 2 heteroatoms. The third kappa shape index (κ3) is 2.07. The van der Waals surface area contributed by atoms with Gasteiger partial charge in [-0.1, -0.05) is 71.0 Å². The predicted octanol–water partition coefficient (Wildman–Crippen LogP) is 3.71. The van der Waals surface area contributed by atoms with Crippen LogP contribution in [0.4, 0.5) is 0 Å². The van der Waals surface area contributed by atoms with Gasteiger partial charge in [0.05, 0.1) is 0 Å². The molecule has 0 aliphatic heterocycles. The lowest BCUT2D eigenvalue weighted by molar-refractivity contribution is 1.77. The normalized spacial score (nSPS) is 11.2. The summed E-state index contributed by atoms with van der Waals surface area (Å²) in [6.45, 7) is 0. The number of fused-ring (bicyclic) bond motifs is 3. The molecule has 94 valence electrons. The molecular weight excluding hydrogens is 276 g/mol. The van der Waals surface area contributed by atoms with E-state index in [1.807, 2.05) is 11.3 Å². The summed E-state index contributed by atoms with van der Waals surface area (Å²) in [4.78, 5) is 0. The topological polar surface area (TPSA) is 0 Å². The SMILES string of the molecule is c1ccc([Si]c2ccc3sc4ccccc4c3c2)cc1. The van der Waals surface area contributed by atoms with Gasteiger partial charge in [0.1, 0.15) is 9.52 Å². The fourth-order valence-corrected chi connectivity index (χ4v) is 4.65. The van der Waals surface area contributed by atoms with Gasteiger partial charge < -0.3 is 0 Å². The molecule has 0 aliphatic carbocycles. The van der Waals surface area contributed by atoms with Crippen LogP contribution in [0.25, 0.3) is 20.2 Å². The Bertz CT molecular complexity index is 878. The Labute approximate surface area is 124 Å². The number of thiophene rings is 1. The van der Waals surface area contributed by atoms with Crippen molar-refractivity contribution in [2.45, 2.75) is 0 Å². The zero-order valence-corrected chi connectivity index (χ0v) is 12.7. The lowest BCUT2D eigenvalue weighted by Crippen LogP contribution is -2.26. The van der Waals surface area contributed by atoms with Gasteiger partial charge in [-0.25, -0.2) is 0 Å². The van der Waals surface area contributed by atoms with Gasteiger partial charge in [0.2, 0.25) is 0 Å². The maximum atomic E-state index is 2.36. The van der Waals surface area contributed by atoms with Crippen LogP contribution in [-0.4, -0.2) is 9.52 Å². The van der Waals surface area contributed by atoms with Crippen molar-refractivity contribution in [3.63, 3.8) is 0 Å². The summed E-state index contributed by atoms with van der Waals surface area (Å²) in [7, 11) is 0.728. The fraction of sp³-hybridized carbons (Fsp3) is 0. The highest BCUT2D eigenvalue weighted by Crippen LogP contribution is 2.32. The third-order valence-electron chi connectivity index (χ3n) is 3.44. The molecule has 4 aromatic rings. The summed E-state index contributed by atoms with van der Waals surface area (Å²) >= 11 is 1.88. The first-order valence-corrected chi connectivity index (χ1v) is 8.45. The summed E-state index contributed by atoms with van der Waals surface area (Å²) in [6.07, 6.45) is 0. The van der Waals surface area contributed by atoms with Gasteiger partial charge in [-0.15, -0.1) is 11.3 Å². The summed E-state index contributed by atoms with van der Waals surface area (Å²) in [5.41, 5.74) is 0. The van der Waals surface area contributed by atoms with Crippen molar-refractivity contribution >= 4 is 51.4 Å². The summed E-state index contributed by atoms with van der Waals surface area (Å²) < 4.78 is 2.76. The van der Waals surface area contributed by atoms with Crippen LogP contribution in [0.3, 0.4) is 0 Å². The Morgan fingerprint density at radius 1 is 0.600 bits per heavy atom. The van der Waals surface area contributed by atoms with Gasteiger partial charge >= 0.3 is 0 Å². The molecule has 0 nitrogen and oxygen atoms in total. The Balaban J connectivity index is 1.83. The van der Waals surface area contributed by atoms with E-state index in [0.717, 1.165) is 9.52 Å². The van der Waals surface area contributed by atoms with Crippen molar-refractivity contribution in [3.05, 3.63) is 72.8 Å². The highest BCUT2D eigenvalue weighted by molar-refractivity contribution is 7.25. The second-order valence-corrected chi connectivity index (χ2v) is 7.29. The van der Waals surface area contributed by atoms with Crippen molar-refractivity contribution in [2.24, 2.45) is 0 Å².